The molecule has 4 aliphatic rings. The van der Waals surface area contributed by atoms with Crippen molar-refractivity contribution < 1.29 is 38.1 Å². The Labute approximate surface area is 211 Å². The van der Waals surface area contributed by atoms with Crippen LogP contribution in [-0.4, -0.2) is 52.2 Å². The predicted octanol–water partition coefficient (Wildman–Crippen LogP) is 4.18. The standard InChI is InChI=1S/C28H38F2O6/c1-5-6-7-8-22(35)36-28(21(34)14-31)15(2)11-17-16-12-18(29)24-25(30)19(32)9-10-26(24,3)23(16)20(33)13-27(17,28)4/h9-10,15-18,20,23,31,33H,5-8,11-14H2,1-4H3/t15-,16-,17-,18-,20-,23+,26+,27-,28-/m0/s1. The summed E-state index contributed by atoms with van der Waals surface area (Å²) < 4.78 is 36.5. The lowest BCUT2D eigenvalue weighted by Crippen LogP contribution is -2.65. The molecule has 0 aromatic rings. The molecule has 0 bridgehead atoms. The van der Waals surface area contributed by atoms with Gasteiger partial charge in [0.25, 0.3) is 0 Å². The maximum Gasteiger partial charge on any atom is 0.306 e. The summed E-state index contributed by atoms with van der Waals surface area (Å²) in [5, 5.41) is 21.5. The number of carbonyl (C=O) groups is 3. The van der Waals surface area contributed by atoms with Crippen molar-refractivity contribution in [2.24, 2.45) is 34.5 Å². The fraction of sp³-hybridized carbons (Fsp3) is 0.750. The average Bonchev–Trinajstić information content (AvgIpc) is 3.03. The summed E-state index contributed by atoms with van der Waals surface area (Å²) in [6.07, 6.45) is 2.78. The first kappa shape index (κ1) is 27.1. The zero-order valence-electron chi connectivity index (χ0n) is 21.6. The van der Waals surface area contributed by atoms with E-state index in [1.807, 2.05) is 6.92 Å². The summed E-state index contributed by atoms with van der Waals surface area (Å²) >= 11 is 0. The van der Waals surface area contributed by atoms with Crippen LogP contribution >= 0.6 is 0 Å². The van der Waals surface area contributed by atoms with Crippen LogP contribution in [-0.2, 0) is 19.1 Å². The van der Waals surface area contributed by atoms with Crippen LogP contribution in [0, 0.1) is 34.5 Å². The van der Waals surface area contributed by atoms with E-state index in [1.165, 1.54) is 6.08 Å². The molecule has 0 unspecified atom stereocenters. The van der Waals surface area contributed by atoms with Crippen LogP contribution in [0.5, 0.6) is 0 Å². The highest BCUT2D eigenvalue weighted by Gasteiger charge is 2.73. The Morgan fingerprint density at radius 3 is 2.56 bits per heavy atom. The van der Waals surface area contributed by atoms with Gasteiger partial charge < -0.3 is 14.9 Å². The molecular weight excluding hydrogens is 470 g/mol. The van der Waals surface area contributed by atoms with E-state index in [4.69, 9.17) is 4.74 Å². The van der Waals surface area contributed by atoms with Crippen molar-refractivity contribution in [2.75, 3.05) is 6.61 Å². The SMILES string of the molecule is CCCCCC(=O)O[C@]1(C(=O)CO)[C@@H](C)C[C@H]2[C@@H]3C[C@H](F)C4=C(F)C(=O)C=C[C@]4(C)[C@H]3[C@@H](O)C[C@@]21C. The van der Waals surface area contributed by atoms with Crippen molar-refractivity contribution in [3.63, 3.8) is 0 Å². The number of unbranched alkanes of at least 4 members (excludes halogenated alkanes) is 2. The van der Waals surface area contributed by atoms with E-state index in [2.05, 4.69) is 0 Å². The minimum atomic E-state index is -1.71. The summed E-state index contributed by atoms with van der Waals surface area (Å²) in [6.45, 7) is 6.47. The molecule has 3 fully saturated rings. The number of allylic oxidation sites excluding steroid dienone is 4. The molecule has 0 radical (unpaired) electrons. The van der Waals surface area contributed by atoms with Gasteiger partial charge in [-0.15, -0.1) is 0 Å². The number of ketones is 2. The predicted molar refractivity (Wildman–Crippen MR) is 128 cm³/mol. The minimum Gasteiger partial charge on any atom is -0.450 e. The number of hydrogen-bond acceptors (Lipinski definition) is 6. The first-order valence-corrected chi connectivity index (χ1v) is 13.2. The number of esters is 1. The molecule has 6 nitrogen and oxygen atoms in total. The van der Waals surface area contributed by atoms with E-state index in [-0.39, 0.29) is 30.8 Å². The highest BCUT2D eigenvalue weighted by atomic mass is 19.1. The second-order valence-electron chi connectivity index (χ2n) is 11.8. The number of rotatable bonds is 7. The van der Waals surface area contributed by atoms with Gasteiger partial charge >= 0.3 is 5.97 Å². The van der Waals surface area contributed by atoms with E-state index in [9.17, 15) is 29.0 Å². The maximum absolute atomic E-state index is 15.6. The second kappa shape index (κ2) is 9.43. The Hall–Kier alpha value is -1.93. The minimum absolute atomic E-state index is 0.0698. The third kappa shape index (κ3) is 3.65. The number of aliphatic hydroxyl groups is 2. The van der Waals surface area contributed by atoms with E-state index in [0.29, 0.717) is 12.8 Å². The topological polar surface area (TPSA) is 101 Å². The molecule has 0 heterocycles. The first-order chi connectivity index (χ1) is 16.9. The van der Waals surface area contributed by atoms with Gasteiger partial charge in [0.2, 0.25) is 11.6 Å². The molecule has 3 saturated carbocycles. The second-order valence-corrected chi connectivity index (χ2v) is 11.8. The van der Waals surface area contributed by atoms with Gasteiger partial charge in [-0.3, -0.25) is 14.4 Å². The van der Waals surface area contributed by atoms with Crippen molar-refractivity contribution >= 4 is 17.5 Å². The lowest BCUT2D eigenvalue weighted by Gasteiger charge is -2.60. The van der Waals surface area contributed by atoms with E-state index in [0.717, 1.165) is 18.9 Å². The molecule has 0 spiro atoms. The average molecular weight is 509 g/mol. The van der Waals surface area contributed by atoms with Gasteiger partial charge in [0.05, 0.1) is 6.10 Å². The summed E-state index contributed by atoms with van der Waals surface area (Å²) in [5.74, 6) is -4.86. The number of alkyl halides is 1. The summed E-state index contributed by atoms with van der Waals surface area (Å²) in [5.41, 5.74) is -4.08. The van der Waals surface area contributed by atoms with Crippen LogP contribution in [0.1, 0.15) is 72.6 Å². The van der Waals surface area contributed by atoms with Gasteiger partial charge in [0.15, 0.2) is 11.4 Å². The van der Waals surface area contributed by atoms with Crippen molar-refractivity contribution in [3.05, 3.63) is 23.6 Å². The van der Waals surface area contributed by atoms with Crippen LogP contribution in [0.25, 0.3) is 0 Å². The normalized spacial score (nSPS) is 43.6. The lowest BCUT2D eigenvalue weighted by atomic mass is 9.45. The molecule has 0 amide bonds. The van der Waals surface area contributed by atoms with Crippen LogP contribution in [0.2, 0.25) is 0 Å². The van der Waals surface area contributed by atoms with E-state index in [1.54, 1.807) is 20.8 Å². The third-order valence-corrected chi connectivity index (χ3v) is 9.91. The number of hydrogen-bond donors (Lipinski definition) is 2. The Bertz CT molecular complexity index is 1010. The van der Waals surface area contributed by atoms with E-state index < -0.39 is 76.4 Å². The number of halogens is 2. The van der Waals surface area contributed by atoms with Crippen molar-refractivity contribution in [2.45, 2.75) is 90.5 Å². The van der Waals surface area contributed by atoms with Crippen molar-refractivity contribution in [1.29, 1.82) is 0 Å². The quantitative estimate of drug-likeness (QED) is 0.395. The fourth-order valence-electron chi connectivity index (χ4n) is 8.49. The monoisotopic (exact) mass is 508 g/mol. The van der Waals surface area contributed by atoms with Crippen molar-refractivity contribution in [1.82, 2.24) is 0 Å². The maximum atomic E-state index is 15.6. The molecule has 200 valence electrons. The molecule has 9 atom stereocenters. The molecule has 0 aromatic carbocycles. The van der Waals surface area contributed by atoms with Gasteiger partial charge in [-0.05, 0) is 43.6 Å². The summed E-state index contributed by atoms with van der Waals surface area (Å²) in [7, 11) is 0. The third-order valence-electron chi connectivity index (χ3n) is 9.91. The highest BCUT2D eigenvalue weighted by molar-refractivity contribution is 6.04. The van der Waals surface area contributed by atoms with Gasteiger partial charge in [-0.2, -0.15) is 0 Å². The molecule has 0 saturated heterocycles. The molecule has 4 aliphatic carbocycles. The molecule has 8 heteroatoms. The van der Waals surface area contributed by atoms with Gasteiger partial charge in [-0.25, -0.2) is 8.78 Å². The smallest absolute Gasteiger partial charge is 0.306 e. The largest absolute Gasteiger partial charge is 0.450 e. The van der Waals surface area contributed by atoms with Crippen molar-refractivity contribution in [3.8, 4) is 0 Å². The lowest BCUT2D eigenvalue weighted by molar-refractivity contribution is -0.206. The Morgan fingerprint density at radius 2 is 1.92 bits per heavy atom. The Balaban J connectivity index is 1.76. The van der Waals surface area contributed by atoms with Crippen LogP contribution in [0.15, 0.2) is 23.6 Å². The number of Topliss-reactive ketones (excluding diaryl/α,β-unsaturated/α-hetero) is 1. The molecule has 4 rings (SSSR count). The molecule has 36 heavy (non-hydrogen) atoms. The molecule has 0 aromatic heterocycles. The number of carbonyl (C=O) groups excluding carboxylic acids is 3. The van der Waals surface area contributed by atoms with Gasteiger partial charge in [-0.1, -0.05) is 46.6 Å². The summed E-state index contributed by atoms with van der Waals surface area (Å²) in [4.78, 5) is 38.3. The van der Waals surface area contributed by atoms with Crippen LogP contribution in [0.3, 0.4) is 0 Å². The zero-order valence-corrected chi connectivity index (χ0v) is 21.6. The highest BCUT2D eigenvalue weighted by Crippen LogP contribution is 2.69. The van der Waals surface area contributed by atoms with Crippen LogP contribution in [0.4, 0.5) is 8.78 Å². The molecule has 0 aliphatic heterocycles. The van der Waals surface area contributed by atoms with Gasteiger partial charge in [0, 0.05) is 34.7 Å². The van der Waals surface area contributed by atoms with E-state index >= 15 is 4.39 Å². The number of ether oxygens (including phenoxy) is 1. The molecule has 2 N–H and O–H groups in total. The fourth-order valence-corrected chi connectivity index (χ4v) is 8.49. The number of fused-ring (bicyclic) bond motifs is 5. The first-order valence-electron chi connectivity index (χ1n) is 13.2. The summed E-state index contributed by atoms with van der Waals surface area (Å²) in [6, 6.07) is 0. The molecular formula is C28H38F2O6. The Morgan fingerprint density at radius 1 is 1.22 bits per heavy atom. The zero-order chi connectivity index (χ0) is 26.6. The number of aliphatic hydroxyl groups excluding tert-OH is 2. The van der Waals surface area contributed by atoms with Gasteiger partial charge in [0.1, 0.15) is 12.8 Å². The van der Waals surface area contributed by atoms with Crippen LogP contribution < -0.4 is 0 Å². The Kier molecular flexibility index (Phi) is 7.10.